The number of hydrogen-bond donors (Lipinski definition) is 2. The van der Waals surface area contributed by atoms with Gasteiger partial charge in [0.15, 0.2) is 0 Å². The summed E-state index contributed by atoms with van der Waals surface area (Å²) in [7, 11) is 0. The fraction of sp³-hybridized carbons (Fsp3) is 0.375. The zero-order valence-corrected chi connectivity index (χ0v) is 15.7. The number of amides is 2. The lowest BCUT2D eigenvalue weighted by atomic mass is 10.1. The highest BCUT2D eigenvalue weighted by atomic mass is 79.9. The summed E-state index contributed by atoms with van der Waals surface area (Å²) in [6.07, 6.45) is 2.51. The van der Waals surface area contributed by atoms with E-state index < -0.39 is 6.04 Å². The number of nitrogens with one attached hydrogen (secondary N) is 2. The zero-order valence-electron chi connectivity index (χ0n) is 13.3. The topological polar surface area (TPSA) is 97.1 Å². The van der Waals surface area contributed by atoms with Crippen molar-refractivity contribution in [3.8, 4) is 11.5 Å². The molecule has 1 aliphatic rings. The standard InChI is InChI=1S/C16H17BrN4O3S/c17-11-5-3-4-10(8-11)15-20-21-16(24-15)25-9-13(22)19-12-6-1-2-7-18-14(12)23/h3-5,8,12H,1-2,6-7,9H2,(H,18,23)(H,19,22). The minimum absolute atomic E-state index is 0.115. The molecule has 3 rings (SSSR count). The van der Waals surface area contributed by atoms with Gasteiger partial charge in [0.05, 0.1) is 5.75 Å². The molecule has 132 valence electrons. The van der Waals surface area contributed by atoms with Gasteiger partial charge in [0.25, 0.3) is 5.22 Å². The van der Waals surface area contributed by atoms with Crippen LogP contribution in [-0.4, -0.2) is 40.4 Å². The molecular formula is C16H17BrN4O3S. The number of benzene rings is 1. The Kier molecular flexibility index (Phi) is 6.09. The quantitative estimate of drug-likeness (QED) is 0.715. The Morgan fingerprint density at radius 2 is 2.28 bits per heavy atom. The molecule has 0 radical (unpaired) electrons. The number of carbonyl (C=O) groups is 2. The van der Waals surface area contributed by atoms with E-state index in [-0.39, 0.29) is 17.6 Å². The lowest BCUT2D eigenvalue weighted by Gasteiger charge is -2.14. The van der Waals surface area contributed by atoms with Gasteiger partial charge in [0, 0.05) is 16.6 Å². The number of nitrogens with zero attached hydrogens (tertiary/aromatic N) is 2. The van der Waals surface area contributed by atoms with Crippen LogP contribution in [0, 0.1) is 0 Å². The second kappa shape index (κ2) is 8.48. The second-order valence-corrected chi connectivity index (χ2v) is 7.42. The average Bonchev–Trinajstić information content (AvgIpc) is 2.99. The number of halogens is 1. The highest BCUT2D eigenvalue weighted by Gasteiger charge is 2.22. The van der Waals surface area contributed by atoms with Crippen LogP contribution in [0.1, 0.15) is 19.3 Å². The van der Waals surface area contributed by atoms with Gasteiger partial charge >= 0.3 is 0 Å². The first-order chi connectivity index (χ1) is 12.1. The average molecular weight is 425 g/mol. The summed E-state index contributed by atoms with van der Waals surface area (Å²) < 4.78 is 6.48. The normalized spacial score (nSPS) is 17.6. The minimum Gasteiger partial charge on any atom is -0.411 e. The van der Waals surface area contributed by atoms with Gasteiger partial charge in [0.1, 0.15) is 6.04 Å². The number of thioether (sulfide) groups is 1. The van der Waals surface area contributed by atoms with Gasteiger partial charge in [-0.15, -0.1) is 10.2 Å². The lowest BCUT2D eigenvalue weighted by molar-refractivity contribution is -0.127. The van der Waals surface area contributed by atoms with E-state index in [0.717, 1.165) is 34.6 Å². The molecule has 0 aliphatic carbocycles. The molecule has 1 unspecified atom stereocenters. The summed E-state index contributed by atoms with van der Waals surface area (Å²) in [5.41, 5.74) is 0.799. The number of hydrogen-bond acceptors (Lipinski definition) is 6. The minimum atomic E-state index is -0.462. The Hall–Kier alpha value is -1.87. The van der Waals surface area contributed by atoms with Crippen molar-refractivity contribution in [1.82, 2.24) is 20.8 Å². The van der Waals surface area contributed by atoms with Gasteiger partial charge in [-0.3, -0.25) is 9.59 Å². The Morgan fingerprint density at radius 1 is 1.40 bits per heavy atom. The van der Waals surface area contributed by atoms with Crippen LogP contribution in [0.5, 0.6) is 0 Å². The molecule has 0 saturated carbocycles. The fourth-order valence-corrected chi connectivity index (χ4v) is 3.42. The van der Waals surface area contributed by atoms with E-state index in [4.69, 9.17) is 4.42 Å². The highest BCUT2D eigenvalue weighted by molar-refractivity contribution is 9.10. The van der Waals surface area contributed by atoms with Gasteiger partial charge in [0.2, 0.25) is 17.7 Å². The van der Waals surface area contributed by atoms with E-state index in [1.807, 2.05) is 24.3 Å². The van der Waals surface area contributed by atoms with Crippen molar-refractivity contribution in [2.45, 2.75) is 30.5 Å². The Morgan fingerprint density at radius 3 is 3.12 bits per heavy atom. The summed E-state index contributed by atoms with van der Waals surface area (Å²) in [5.74, 6) is 0.163. The zero-order chi connectivity index (χ0) is 17.6. The van der Waals surface area contributed by atoms with E-state index in [9.17, 15) is 9.59 Å². The van der Waals surface area contributed by atoms with Crippen LogP contribution >= 0.6 is 27.7 Å². The van der Waals surface area contributed by atoms with Gasteiger partial charge in [-0.2, -0.15) is 0 Å². The van der Waals surface area contributed by atoms with E-state index in [0.29, 0.717) is 24.1 Å². The van der Waals surface area contributed by atoms with E-state index in [1.165, 1.54) is 0 Å². The maximum Gasteiger partial charge on any atom is 0.277 e. The first-order valence-corrected chi connectivity index (χ1v) is 9.69. The highest BCUT2D eigenvalue weighted by Crippen LogP contribution is 2.25. The molecule has 25 heavy (non-hydrogen) atoms. The molecule has 0 bridgehead atoms. The Labute approximate surface area is 157 Å². The summed E-state index contributed by atoms with van der Waals surface area (Å²) in [6, 6.07) is 7.06. The molecule has 2 amide bonds. The summed E-state index contributed by atoms with van der Waals surface area (Å²) >= 11 is 4.54. The number of aromatic nitrogens is 2. The Bertz CT molecular complexity index is 767. The van der Waals surface area contributed by atoms with Crippen LogP contribution in [0.25, 0.3) is 11.5 Å². The van der Waals surface area contributed by atoms with Crippen LogP contribution < -0.4 is 10.6 Å². The first kappa shape index (κ1) is 17.9. The van der Waals surface area contributed by atoms with Crippen LogP contribution in [0.4, 0.5) is 0 Å². The van der Waals surface area contributed by atoms with Crippen molar-refractivity contribution < 1.29 is 14.0 Å². The van der Waals surface area contributed by atoms with E-state index >= 15 is 0 Å². The van der Waals surface area contributed by atoms with Gasteiger partial charge < -0.3 is 15.1 Å². The molecule has 2 N–H and O–H groups in total. The molecule has 1 fully saturated rings. The van der Waals surface area contributed by atoms with Gasteiger partial charge in [-0.1, -0.05) is 33.8 Å². The van der Waals surface area contributed by atoms with E-state index in [2.05, 4.69) is 36.8 Å². The molecule has 9 heteroatoms. The summed E-state index contributed by atoms with van der Waals surface area (Å²) in [4.78, 5) is 23.9. The fourth-order valence-electron chi connectivity index (χ4n) is 2.45. The molecule has 0 spiro atoms. The molecule has 1 saturated heterocycles. The third kappa shape index (κ3) is 5.05. The third-order valence-electron chi connectivity index (χ3n) is 3.68. The van der Waals surface area contributed by atoms with Crippen molar-refractivity contribution in [3.05, 3.63) is 28.7 Å². The van der Waals surface area contributed by atoms with Crippen molar-refractivity contribution >= 4 is 39.5 Å². The van der Waals surface area contributed by atoms with Crippen LogP contribution in [0.15, 0.2) is 38.4 Å². The molecule has 1 atom stereocenters. The van der Waals surface area contributed by atoms with Gasteiger partial charge in [-0.05, 0) is 37.5 Å². The van der Waals surface area contributed by atoms with Crippen LogP contribution in [0.2, 0.25) is 0 Å². The predicted molar refractivity (Wildman–Crippen MR) is 96.9 cm³/mol. The van der Waals surface area contributed by atoms with Gasteiger partial charge in [-0.25, -0.2) is 0 Å². The van der Waals surface area contributed by atoms with Crippen molar-refractivity contribution in [2.24, 2.45) is 0 Å². The number of carbonyl (C=O) groups excluding carboxylic acids is 2. The predicted octanol–water partition coefficient (Wildman–Crippen LogP) is 2.38. The largest absolute Gasteiger partial charge is 0.411 e. The molecule has 7 nitrogen and oxygen atoms in total. The monoisotopic (exact) mass is 424 g/mol. The Balaban J connectivity index is 1.53. The lowest BCUT2D eigenvalue weighted by Crippen LogP contribution is -2.46. The van der Waals surface area contributed by atoms with Crippen LogP contribution in [0.3, 0.4) is 0 Å². The molecule has 1 aromatic carbocycles. The molecule has 2 aromatic rings. The maximum atomic E-state index is 12.1. The second-order valence-electron chi connectivity index (χ2n) is 5.58. The van der Waals surface area contributed by atoms with Crippen molar-refractivity contribution in [3.63, 3.8) is 0 Å². The smallest absolute Gasteiger partial charge is 0.277 e. The molecule has 2 heterocycles. The maximum absolute atomic E-state index is 12.1. The molecular weight excluding hydrogens is 408 g/mol. The third-order valence-corrected chi connectivity index (χ3v) is 4.99. The summed E-state index contributed by atoms with van der Waals surface area (Å²) in [6.45, 7) is 0.667. The van der Waals surface area contributed by atoms with E-state index in [1.54, 1.807) is 0 Å². The molecule has 1 aromatic heterocycles. The SMILES string of the molecule is O=C(CSc1nnc(-c2cccc(Br)c2)o1)NC1CCCCNC1=O. The molecule has 1 aliphatic heterocycles. The van der Waals surface area contributed by atoms with Crippen LogP contribution in [-0.2, 0) is 9.59 Å². The first-order valence-electron chi connectivity index (χ1n) is 7.91. The van der Waals surface area contributed by atoms with Crippen molar-refractivity contribution in [1.29, 1.82) is 0 Å². The van der Waals surface area contributed by atoms with Crippen molar-refractivity contribution in [2.75, 3.05) is 12.3 Å². The number of rotatable bonds is 5. The summed E-state index contributed by atoms with van der Waals surface area (Å²) in [5, 5.41) is 13.8.